The van der Waals surface area contributed by atoms with Crippen LogP contribution in [0.4, 0.5) is 15.8 Å². The Morgan fingerprint density at radius 2 is 1.77 bits per heavy atom. The van der Waals surface area contributed by atoms with Gasteiger partial charge < -0.3 is 10.6 Å². The SMILES string of the molecule is Cc1ccc(NC(=S)Nc2cccc(S(N)(=O)=O)c2)cc1F. The Hall–Kier alpha value is -2.03. The second-order valence-corrected chi connectivity index (χ2v) is 6.59. The number of thiocarbonyl (C=S) groups is 1. The normalized spacial score (nSPS) is 11.0. The summed E-state index contributed by atoms with van der Waals surface area (Å²) in [6.07, 6.45) is 0. The van der Waals surface area contributed by atoms with Crippen molar-refractivity contribution in [1.29, 1.82) is 0 Å². The van der Waals surface area contributed by atoms with Gasteiger partial charge in [0.2, 0.25) is 10.0 Å². The fourth-order valence-electron chi connectivity index (χ4n) is 1.71. The second-order valence-electron chi connectivity index (χ2n) is 4.62. The number of primary sulfonamides is 1. The molecular formula is C14H14FN3O2S2. The predicted molar refractivity (Wildman–Crippen MR) is 88.8 cm³/mol. The maximum atomic E-state index is 13.5. The third-order valence-electron chi connectivity index (χ3n) is 2.85. The number of nitrogens with two attached hydrogens (primary N) is 1. The zero-order valence-electron chi connectivity index (χ0n) is 11.6. The molecule has 0 fully saturated rings. The molecule has 0 saturated carbocycles. The van der Waals surface area contributed by atoms with Crippen molar-refractivity contribution in [3.8, 4) is 0 Å². The van der Waals surface area contributed by atoms with Gasteiger partial charge in [-0.3, -0.25) is 0 Å². The van der Waals surface area contributed by atoms with Crippen LogP contribution in [0.25, 0.3) is 0 Å². The number of aryl methyl sites for hydroxylation is 1. The van der Waals surface area contributed by atoms with Gasteiger partial charge in [0.1, 0.15) is 5.82 Å². The van der Waals surface area contributed by atoms with Crippen LogP contribution >= 0.6 is 12.2 Å². The van der Waals surface area contributed by atoms with E-state index >= 15 is 0 Å². The summed E-state index contributed by atoms with van der Waals surface area (Å²) in [4.78, 5) is -0.0262. The highest BCUT2D eigenvalue weighted by molar-refractivity contribution is 7.89. The molecule has 5 nitrogen and oxygen atoms in total. The van der Waals surface area contributed by atoms with E-state index in [-0.39, 0.29) is 15.8 Å². The lowest BCUT2D eigenvalue weighted by Crippen LogP contribution is -2.19. The first-order valence-corrected chi connectivity index (χ1v) is 8.18. The minimum atomic E-state index is -3.78. The summed E-state index contributed by atoms with van der Waals surface area (Å²) in [6, 6.07) is 10.6. The Morgan fingerprint density at radius 3 is 2.36 bits per heavy atom. The number of nitrogens with one attached hydrogen (secondary N) is 2. The smallest absolute Gasteiger partial charge is 0.238 e. The van der Waals surface area contributed by atoms with Gasteiger partial charge in [0, 0.05) is 11.4 Å². The fourth-order valence-corrected chi connectivity index (χ4v) is 2.51. The first kappa shape index (κ1) is 16.3. The maximum absolute atomic E-state index is 13.5. The number of hydrogen-bond acceptors (Lipinski definition) is 3. The molecule has 0 unspecified atom stereocenters. The molecule has 2 rings (SSSR count). The Labute approximate surface area is 133 Å². The van der Waals surface area contributed by atoms with E-state index in [9.17, 15) is 12.8 Å². The number of sulfonamides is 1. The molecule has 2 aromatic carbocycles. The van der Waals surface area contributed by atoms with Crippen LogP contribution in [0, 0.1) is 12.7 Å². The summed E-state index contributed by atoms with van der Waals surface area (Å²) < 4.78 is 36.0. The van der Waals surface area contributed by atoms with Crippen LogP contribution in [0.15, 0.2) is 47.4 Å². The van der Waals surface area contributed by atoms with E-state index < -0.39 is 10.0 Å². The van der Waals surface area contributed by atoms with Crippen LogP contribution in [0.1, 0.15) is 5.56 Å². The van der Waals surface area contributed by atoms with Gasteiger partial charge >= 0.3 is 0 Å². The average Bonchev–Trinajstić information content (AvgIpc) is 2.42. The highest BCUT2D eigenvalue weighted by atomic mass is 32.2. The summed E-state index contributed by atoms with van der Waals surface area (Å²) in [7, 11) is -3.78. The van der Waals surface area contributed by atoms with Gasteiger partial charge in [0.15, 0.2) is 5.11 Å². The van der Waals surface area contributed by atoms with E-state index in [1.54, 1.807) is 25.1 Å². The monoisotopic (exact) mass is 339 g/mol. The van der Waals surface area contributed by atoms with Gasteiger partial charge in [-0.15, -0.1) is 0 Å². The van der Waals surface area contributed by atoms with Crippen molar-refractivity contribution in [3.63, 3.8) is 0 Å². The lowest BCUT2D eigenvalue weighted by atomic mass is 10.2. The third kappa shape index (κ3) is 4.23. The minimum absolute atomic E-state index is 0.0262. The van der Waals surface area contributed by atoms with E-state index in [2.05, 4.69) is 10.6 Å². The first-order valence-electron chi connectivity index (χ1n) is 6.23. The van der Waals surface area contributed by atoms with Gasteiger partial charge in [0.05, 0.1) is 4.90 Å². The van der Waals surface area contributed by atoms with Crippen molar-refractivity contribution in [2.24, 2.45) is 5.14 Å². The zero-order chi connectivity index (χ0) is 16.3. The number of rotatable bonds is 3. The molecule has 0 heterocycles. The van der Waals surface area contributed by atoms with Crippen LogP contribution in [0.5, 0.6) is 0 Å². The van der Waals surface area contributed by atoms with Crippen LogP contribution < -0.4 is 15.8 Å². The van der Waals surface area contributed by atoms with Gasteiger partial charge in [-0.1, -0.05) is 12.1 Å². The third-order valence-corrected chi connectivity index (χ3v) is 3.97. The van der Waals surface area contributed by atoms with Crippen LogP contribution in [-0.2, 0) is 10.0 Å². The molecule has 0 aliphatic rings. The second kappa shape index (κ2) is 6.39. The van der Waals surface area contributed by atoms with Crippen LogP contribution in [0.3, 0.4) is 0 Å². The van der Waals surface area contributed by atoms with E-state index in [4.69, 9.17) is 17.4 Å². The molecule has 0 bridgehead atoms. The van der Waals surface area contributed by atoms with Gasteiger partial charge in [-0.2, -0.15) is 0 Å². The van der Waals surface area contributed by atoms with Crippen molar-refractivity contribution in [2.75, 3.05) is 10.6 Å². The summed E-state index contributed by atoms with van der Waals surface area (Å²) in [5, 5.41) is 10.9. The Kier molecular flexibility index (Phi) is 4.74. The summed E-state index contributed by atoms with van der Waals surface area (Å²) in [6.45, 7) is 1.66. The lowest BCUT2D eigenvalue weighted by Gasteiger charge is -2.11. The number of hydrogen-bond donors (Lipinski definition) is 3. The number of benzene rings is 2. The first-order chi connectivity index (χ1) is 10.3. The van der Waals surface area contributed by atoms with E-state index in [0.29, 0.717) is 16.9 Å². The van der Waals surface area contributed by atoms with Crippen molar-refractivity contribution in [2.45, 2.75) is 11.8 Å². The molecule has 0 aliphatic heterocycles. The Morgan fingerprint density at radius 1 is 1.14 bits per heavy atom. The van der Waals surface area contributed by atoms with E-state index in [1.807, 2.05) is 0 Å². The molecule has 116 valence electrons. The predicted octanol–water partition coefficient (Wildman–Crippen LogP) is 2.59. The fraction of sp³-hybridized carbons (Fsp3) is 0.0714. The highest BCUT2D eigenvalue weighted by Gasteiger charge is 2.08. The summed E-state index contributed by atoms with van der Waals surface area (Å²) in [5.41, 5.74) is 1.48. The highest BCUT2D eigenvalue weighted by Crippen LogP contribution is 2.16. The van der Waals surface area contributed by atoms with Crippen molar-refractivity contribution in [3.05, 3.63) is 53.8 Å². The Bertz CT molecular complexity index is 823. The standard InChI is InChI=1S/C14H14FN3O2S2/c1-9-5-6-11(8-13(9)15)18-14(21)17-10-3-2-4-12(7-10)22(16,19)20/h2-8H,1H3,(H2,16,19,20)(H2,17,18,21). The van der Waals surface area contributed by atoms with Crippen molar-refractivity contribution in [1.82, 2.24) is 0 Å². The van der Waals surface area contributed by atoms with Crippen molar-refractivity contribution < 1.29 is 12.8 Å². The van der Waals surface area contributed by atoms with E-state index in [1.165, 1.54) is 24.3 Å². The molecule has 8 heteroatoms. The molecule has 4 N–H and O–H groups in total. The lowest BCUT2D eigenvalue weighted by molar-refractivity contribution is 0.598. The number of anilines is 2. The summed E-state index contributed by atoms with van der Waals surface area (Å²) in [5.74, 6) is -0.343. The van der Waals surface area contributed by atoms with Gasteiger partial charge in [0.25, 0.3) is 0 Å². The Balaban J connectivity index is 2.10. The molecule has 22 heavy (non-hydrogen) atoms. The largest absolute Gasteiger partial charge is 0.332 e. The topological polar surface area (TPSA) is 84.2 Å². The zero-order valence-corrected chi connectivity index (χ0v) is 13.3. The molecule has 0 aromatic heterocycles. The molecule has 0 spiro atoms. The number of halogens is 1. The maximum Gasteiger partial charge on any atom is 0.238 e. The molecule has 0 aliphatic carbocycles. The van der Waals surface area contributed by atoms with Gasteiger partial charge in [-0.05, 0) is 55.0 Å². The molecular weight excluding hydrogens is 325 g/mol. The van der Waals surface area contributed by atoms with Crippen LogP contribution in [-0.4, -0.2) is 13.5 Å². The van der Waals surface area contributed by atoms with Gasteiger partial charge in [-0.25, -0.2) is 17.9 Å². The van der Waals surface area contributed by atoms with Crippen molar-refractivity contribution >= 4 is 38.7 Å². The minimum Gasteiger partial charge on any atom is -0.332 e. The average molecular weight is 339 g/mol. The quantitative estimate of drug-likeness (QED) is 0.749. The molecule has 0 atom stereocenters. The van der Waals surface area contributed by atoms with Crippen LogP contribution in [0.2, 0.25) is 0 Å². The van der Waals surface area contributed by atoms with E-state index in [0.717, 1.165) is 0 Å². The molecule has 2 aromatic rings. The molecule has 0 saturated heterocycles. The summed E-state index contributed by atoms with van der Waals surface area (Å²) >= 11 is 5.11. The molecule has 0 radical (unpaired) electrons. The molecule has 0 amide bonds.